The van der Waals surface area contributed by atoms with Gasteiger partial charge in [-0.15, -0.1) is 0 Å². The molecule has 0 radical (unpaired) electrons. The molecule has 3 heterocycles. The zero-order valence-corrected chi connectivity index (χ0v) is 20.7. The molecule has 10 heteroatoms. The van der Waals surface area contributed by atoms with Crippen LogP contribution in [0.5, 0.6) is 0 Å². The maximum atomic E-state index is 13.1. The van der Waals surface area contributed by atoms with Crippen LogP contribution >= 0.6 is 11.3 Å². The van der Waals surface area contributed by atoms with Crippen LogP contribution in [0, 0.1) is 0 Å². The Kier molecular flexibility index (Phi) is 8.74. The van der Waals surface area contributed by atoms with Crippen molar-refractivity contribution < 1.29 is 19.1 Å². The summed E-state index contributed by atoms with van der Waals surface area (Å²) in [6, 6.07) is 1.13. The molecule has 0 aliphatic carbocycles. The lowest BCUT2D eigenvalue weighted by Gasteiger charge is -2.42. The molecule has 1 saturated heterocycles. The van der Waals surface area contributed by atoms with E-state index in [-0.39, 0.29) is 24.7 Å². The minimum atomic E-state index is -0.542. The molecule has 9 nitrogen and oxygen atoms in total. The second kappa shape index (κ2) is 11.5. The van der Waals surface area contributed by atoms with Crippen LogP contribution in [0.15, 0.2) is 28.1 Å². The van der Waals surface area contributed by atoms with Crippen molar-refractivity contribution >= 4 is 29.4 Å². The summed E-state index contributed by atoms with van der Waals surface area (Å²) in [5.74, 6) is -0.409. The number of rotatable bonds is 8. The second-order valence-corrected chi connectivity index (χ2v) is 9.05. The molecule has 2 aliphatic rings. The molecule has 2 atom stereocenters. The first kappa shape index (κ1) is 25.0. The van der Waals surface area contributed by atoms with E-state index in [4.69, 9.17) is 4.74 Å². The maximum Gasteiger partial charge on any atom is 0.338 e. The number of carbonyl (C=O) groups excluding carboxylic acids is 3. The predicted octanol–water partition coefficient (Wildman–Crippen LogP) is 2.78. The molecule has 0 spiro atoms. The van der Waals surface area contributed by atoms with Gasteiger partial charge in [0.1, 0.15) is 0 Å². The number of amides is 4. The number of hydrogen-bond acceptors (Lipinski definition) is 6. The summed E-state index contributed by atoms with van der Waals surface area (Å²) in [6.45, 7) is 11.4. The SMILES string of the molecule is CCCNC(=O)N1CCN(CC2=C(C(=O)OCC)C(c3ccsc3)NC(=O)N2CC)CC1C. The van der Waals surface area contributed by atoms with Crippen LogP contribution in [-0.2, 0) is 9.53 Å². The third-order valence-corrected chi connectivity index (χ3v) is 6.70. The van der Waals surface area contributed by atoms with Crippen LogP contribution in [-0.4, -0.2) is 84.6 Å². The highest BCUT2D eigenvalue weighted by molar-refractivity contribution is 7.08. The minimum Gasteiger partial charge on any atom is -0.463 e. The number of nitrogens with zero attached hydrogens (tertiary/aromatic N) is 3. The van der Waals surface area contributed by atoms with Crippen molar-refractivity contribution in [1.82, 2.24) is 25.3 Å². The first-order chi connectivity index (χ1) is 15.9. The van der Waals surface area contributed by atoms with E-state index in [1.54, 1.807) is 11.8 Å². The lowest BCUT2D eigenvalue weighted by molar-refractivity contribution is -0.139. The topological polar surface area (TPSA) is 94.2 Å². The Balaban J connectivity index is 1.88. The summed E-state index contributed by atoms with van der Waals surface area (Å²) in [5.41, 5.74) is 2.02. The molecule has 0 aromatic carbocycles. The Morgan fingerprint density at radius 1 is 1.27 bits per heavy atom. The van der Waals surface area contributed by atoms with E-state index in [0.29, 0.717) is 50.5 Å². The third kappa shape index (κ3) is 5.67. The van der Waals surface area contributed by atoms with Crippen molar-refractivity contribution in [2.24, 2.45) is 0 Å². The zero-order valence-electron chi connectivity index (χ0n) is 19.9. The lowest BCUT2D eigenvalue weighted by atomic mass is 9.96. The van der Waals surface area contributed by atoms with Crippen LogP contribution in [0.3, 0.4) is 0 Å². The van der Waals surface area contributed by atoms with Crippen molar-refractivity contribution in [3.05, 3.63) is 33.7 Å². The molecule has 2 N–H and O–H groups in total. The van der Waals surface area contributed by atoms with Crippen LogP contribution in [0.25, 0.3) is 0 Å². The highest BCUT2D eigenvalue weighted by Gasteiger charge is 2.39. The van der Waals surface area contributed by atoms with Gasteiger partial charge in [-0.3, -0.25) is 9.80 Å². The Hall–Kier alpha value is -2.59. The molecule has 2 unspecified atom stereocenters. The smallest absolute Gasteiger partial charge is 0.338 e. The van der Waals surface area contributed by atoms with Crippen molar-refractivity contribution in [3.8, 4) is 0 Å². The van der Waals surface area contributed by atoms with Gasteiger partial charge in [-0.25, -0.2) is 14.4 Å². The summed E-state index contributed by atoms with van der Waals surface area (Å²) in [5, 5.41) is 9.80. The number of esters is 1. The van der Waals surface area contributed by atoms with Crippen molar-refractivity contribution in [2.75, 3.05) is 45.9 Å². The highest BCUT2D eigenvalue weighted by atomic mass is 32.1. The Morgan fingerprint density at radius 2 is 2.06 bits per heavy atom. The molecule has 3 rings (SSSR count). The fraction of sp³-hybridized carbons (Fsp3) is 0.609. The van der Waals surface area contributed by atoms with Crippen LogP contribution in [0.2, 0.25) is 0 Å². The Morgan fingerprint density at radius 3 is 2.67 bits per heavy atom. The molecule has 1 aromatic rings. The summed E-state index contributed by atoms with van der Waals surface area (Å²) in [6.07, 6.45) is 0.894. The number of likely N-dealkylation sites (N-methyl/N-ethyl adjacent to an activating group) is 1. The third-order valence-electron chi connectivity index (χ3n) is 6.00. The molecule has 4 amide bonds. The molecule has 33 heavy (non-hydrogen) atoms. The van der Waals surface area contributed by atoms with Gasteiger partial charge in [0.15, 0.2) is 0 Å². The van der Waals surface area contributed by atoms with Gasteiger partial charge in [0.25, 0.3) is 0 Å². The second-order valence-electron chi connectivity index (χ2n) is 8.27. The minimum absolute atomic E-state index is 0.0161. The maximum absolute atomic E-state index is 13.1. The summed E-state index contributed by atoms with van der Waals surface area (Å²) >= 11 is 1.52. The van der Waals surface area contributed by atoms with Crippen molar-refractivity contribution in [3.63, 3.8) is 0 Å². The van der Waals surface area contributed by atoms with Crippen molar-refractivity contribution in [2.45, 2.75) is 46.2 Å². The zero-order chi connectivity index (χ0) is 24.0. The predicted molar refractivity (Wildman–Crippen MR) is 128 cm³/mol. The number of carbonyl (C=O) groups is 3. The fourth-order valence-corrected chi connectivity index (χ4v) is 5.06. The first-order valence-electron chi connectivity index (χ1n) is 11.7. The molecule has 0 bridgehead atoms. The van der Waals surface area contributed by atoms with Gasteiger partial charge < -0.3 is 20.3 Å². The van der Waals surface area contributed by atoms with E-state index in [0.717, 1.165) is 12.0 Å². The standard InChI is InChI=1S/C23H35N5O4S/c1-5-9-24-22(30)28-11-10-26(13-16(28)4)14-18-19(21(29)32-7-3)20(17-8-12-33-15-17)25-23(31)27(18)6-2/h8,12,15-16,20H,5-7,9-11,13-14H2,1-4H3,(H,24,30)(H,25,31). The van der Waals surface area contributed by atoms with Crippen LogP contribution < -0.4 is 10.6 Å². The number of urea groups is 2. The van der Waals surface area contributed by atoms with Crippen molar-refractivity contribution in [1.29, 1.82) is 0 Å². The number of thiophene rings is 1. The van der Waals surface area contributed by atoms with Gasteiger partial charge in [-0.1, -0.05) is 6.92 Å². The summed E-state index contributed by atoms with van der Waals surface area (Å²) < 4.78 is 5.41. The van der Waals surface area contributed by atoms with Gasteiger partial charge in [0.2, 0.25) is 0 Å². The van der Waals surface area contributed by atoms with Gasteiger partial charge >= 0.3 is 18.0 Å². The number of hydrogen-bond donors (Lipinski definition) is 2. The van der Waals surface area contributed by atoms with Crippen LogP contribution in [0.4, 0.5) is 9.59 Å². The normalized spacial score (nSPS) is 21.8. The van der Waals surface area contributed by atoms with E-state index in [9.17, 15) is 14.4 Å². The van der Waals surface area contributed by atoms with E-state index in [2.05, 4.69) is 15.5 Å². The monoisotopic (exact) mass is 477 g/mol. The molecular formula is C23H35N5O4S. The van der Waals surface area contributed by atoms with Gasteiger partial charge in [-0.05, 0) is 49.6 Å². The number of nitrogens with one attached hydrogen (secondary N) is 2. The first-order valence-corrected chi connectivity index (χ1v) is 12.6. The van der Waals surface area contributed by atoms with E-state index >= 15 is 0 Å². The lowest BCUT2D eigenvalue weighted by Crippen LogP contribution is -2.58. The molecule has 182 valence electrons. The summed E-state index contributed by atoms with van der Waals surface area (Å²) in [4.78, 5) is 44.2. The highest BCUT2D eigenvalue weighted by Crippen LogP contribution is 2.33. The van der Waals surface area contributed by atoms with E-state index < -0.39 is 12.0 Å². The summed E-state index contributed by atoms with van der Waals surface area (Å²) in [7, 11) is 0. The Bertz CT molecular complexity index is 872. The number of ether oxygens (including phenoxy) is 1. The molecule has 2 aliphatic heterocycles. The quantitative estimate of drug-likeness (QED) is 0.562. The average Bonchev–Trinajstić information content (AvgIpc) is 3.32. The molecule has 1 aromatic heterocycles. The number of piperazine rings is 1. The largest absolute Gasteiger partial charge is 0.463 e. The van der Waals surface area contributed by atoms with Gasteiger partial charge in [-0.2, -0.15) is 11.3 Å². The van der Waals surface area contributed by atoms with E-state index in [1.807, 2.05) is 42.5 Å². The molecule has 1 fully saturated rings. The van der Waals surface area contributed by atoms with Gasteiger partial charge in [0.05, 0.1) is 18.2 Å². The Labute approximate surface area is 199 Å². The molecular weight excluding hydrogens is 442 g/mol. The fourth-order valence-electron chi connectivity index (χ4n) is 4.37. The average molecular weight is 478 g/mol. The van der Waals surface area contributed by atoms with Crippen LogP contribution in [0.1, 0.15) is 45.7 Å². The molecule has 0 saturated carbocycles. The van der Waals surface area contributed by atoms with E-state index in [1.165, 1.54) is 11.3 Å². The van der Waals surface area contributed by atoms with Gasteiger partial charge in [0, 0.05) is 51.0 Å².